The Morgan fingerprint density at radius 2 is 1.83 bits per heavy atom. The van der Waals surface area contributed by atoms with Gasteiger partial charge < -0.3 is 9.84 Å². The van der Waals surface area contributed by atoms with E-state index in [1.807, 2.05) is 54.6 Å². The van der Waals surface area contributed by atoms with E-state index in [-0.39, 0.29) is 6.42 Å². The summed E-state index contributed by atoms with van der Waals surface area (Å²) in [6.45, 7) is 0.451. The fourth-order valence-corrected chi connectivity index (χ4v) is 2.50. The Hall–Kier alpha value is -3.15. The number of carboxylic acids is 1. The number of benzene rings is 2. The second-order valence-electron chi connectivity index (χ2n) is 5.33. The lowest BCUT2D eigenvalue weighted by Gasteiger charge is -2.07. The Morgan fingerprint density at radius 1 is 1.12 bits per heavy atom. The Balaban J connectivity index is 1.94. The normalized spacial score (nSPS) is 10.5. The molecule has 0 aliphatic rings. The molecule has 0 radical (unpaired) electrons. The van der Waals surface area contributed by atoms with E-state index in [4.69, 9.17) is 4.74 Å². The average molecular weight is 323 g/mol. The minimum Gasteiger partial charge on any atom is -0.497 e. The summed E-state index contributed by atoms with van der Waals surface area (Å²) < 4.78 is 6.78. The van der Waals surface area contributed by atoms with Crippen LogP contribution in [0.3, 0.4) is 0 Å². The largest absolute Gasteiger partial charge is 0.497 e. The fourth-order valence-electron chi connectivity index (χ4n) is 2.50. The first kappa shape index (κ1) is 15.7. The number of hydrogen-bond donors (Lipinski definition) is 1. The summed E-state index contributed by atoms with van der Waals surface area (Å²) in [5.41, 5.74) is 3.04. The number of nitrogens with zero attached hydrogens (tertiary/aromatic N) is 3. The molecule has 0 amide bonds. The molecule has 1 N–H and O–H groups in total. The predicted octanol–water partition coefficient (Wildman–Crippen LogP) is 2.63. The van der Waals surface area contributed by atoms with Gasteiger partial charge in [-0.1, -0.05) is 47.7 Å². The van der Waals surface area contributed by atoms with Crippen molar-refractivity contribution in [3.63, 3.8) is 0 Å². The molecule has 2 aromatic carbocycles. The van der Waals surface area contributed by atoms with Crippen molar-refractivity contribution in [2.24, 2.45) is 0 Å². The highest BCUT2D eigenvalue weighted by atomic mass is 16.5. The quantitative estimate of drug-likeness (QED) is 0.754. The second-order valence-corrected chi connectivity index (χ2v) is 5.33. The Bertz CT molecular complexity index is 826. The standard InChI is InChI=1S/C18H17N3O3/c1-24-15-9-7-13(8-10-15)12-21-16(11-17(22)23)18(19-20-21)14-5-3-2-4-6-14/h2-10H,11-12H2,1H3,(H,22,23). The summed E-state index contributed by atoms with van der Waals surface area (Å²) >= 11 is 0. The van der Waals surface area contributed by atoms with E-state index in [0.29, 0.717) is 17.9 Å². The summed E-state index contributed by atoms with van der Waals surface area (Å²) in [5, 5.41) is 17.6. The van der Waals surface area contributed by atoms with Crippen LogP contribution < -0.4 is 4.74 Å². The molecule has 0 bridgehead atoms. The molecule has 0 saturated carbocycles. The van der Waals surface area contributed by atoms with E-state index in [1.165, 1.54) is 0 Å². The monoisotopic (exact) mass is 323 g/mol. The van der Waals surface area contributed by atoms with Gasteiger partial charge >= 0.3 is 5.97 Å². The summed E-state index contributed by atoms with van der Waals surface area (Å²) in [5.74, 6) is -0.140. The van der Waals surface area contributed by atoms with E-state index in [2.05, 4.69) is 10.3 Å². The molecule has 3 aromatic rings. The van der Waals surface area contributed by atoms with Gasteiger partial charge in [-0.25, -0.2) is 4.68 Å². The first-order valence-corrected chi connectivity index (χ1v) is 7.50. The van der Waals surface area contributed by atoms with Crippen molar-refractivity contribution in [3.05, 3.63) is 65.9 Å². The SMILES string of the molecule is COc1ccc(Cn2nnc(-c3ccccc3)c2CC(=O)O)cc1. The number of carboxylic acid groups (broad SMARTS) is 1. The summed E-state index contributed by atoms with van der Waals surface area (Å²) in [7, 11) is 1.61. The Morgan fingerprint density at radius 3 is 2.46 bits per heavy atom. The van der Waals surface area contributed by atoms with Crippen molar-refractivity contribution >= 4 is 5.97 Å². The third-order valence-electron chi connectivity index (χ3n) is 3.69. The maximum absolute atomic E-state index is 11.3. The van der Waals surface area contributed by atoms with Crippen LogP contribution in [0.1, 0.15) is 11.3 Å². The van der Waals surface area contributed by atoms with Crippen molar-refractivity contribution in [1.82, 2.24) is 15.0 Å². The van der Waals surface area contributed by atoms with Crippen LogP contribution in [0.2, 0.25) is 0 Å². The number of aliphatic carboxylic acids is 1. The minimum atomic E-state index is -0.912. The maximum atomic E-state index is 11.3. The van der Waals surface area contributed by atoms with Crippen LogP contribution in [0, 0.1) is 0 Å². The maximum Gasteiger partial charge on any atom is 0.309 e. The molecule has 24 heavy (non-hydrogen) atoms. The van der Waals surface area contributed by atoms with E-state index in [0.717, 1.165) is 16.9 Å². The van der Waals surface area contributed by atoms with Crippen LogP contribution in [-0.2, 0) is 17.8 Å². The molecule has 0 spiro atoms. The lowest BCUT2D eigenvalue weighted by molar-refractivity contribution is -0.136. The van der Waals surface area contributed by atoms with Crippen molar-refractivity contribution in [2.45, 2.75) is 13.0 Å². The van der Waals surface area contributed by atoms with E-state index < -0.39 is 5.97 Å². The van der Waals surface area contributed by atoms with E-state index >= 15 is 0 Å². The third-order valence-corrected chi connectivity index (χ3v) is 3.69. The molecule has 0 atom stereocenters. The zero-order valence-electron chi connectivity index (χ0n) is 13.2. The van der Waals surface area contributed by atoms with Crippen LogP contribution >= 0.6 is 0 Å². The van der Waals surface area contributed by atoms with Crippen molar-refractivity contribution in [1.29, 1.82) is 0 Å². The zero-order valence-corrected chi connectivity index (χ0v) is 13.2. The van der Waals surface area contributed by atoms with Crippen molar-refractivity contribution in [2.75, 3.05) is 7.11 Å². The lowest BCUT2D eigenvalue weighted by atomic mass is 10.1. The average Bonchev–Trinajstić information content (AvgIpc) is 2.98. The first-order chi connectivity index (χ1) is 11.7. The van der Waals surface area contributed by atoms with E-state index in [1.54, 1.807) is 11.8 Å². The van der Waals surface area contributed by atoms with Crippen LogP contribution in [0.15, 0.2) is 54.6 Å². The summed E-state index contributed by atoms with van der Waals surface area (Å²) in [6, 6.07) is 17.1. The minimum absolute atomic E-state index is 0.132. The van der Waals surface area contributed by atoms with Gasteiger partial charge in [0.25, 0.3) is 0 Å². The van der Waals surface area contributed by atoms with Gasteiger partial charge in [0.1, 0.15) is 11.4 Å². The zero-order chi connectivity index (χ0) is 16.9. The van der Waals surface area contributed by atoms with Gasteiger partial charge in [0.05, 0.1) is 25.8 Å². The molecule has 6 nitrogen and oxygen atoms in total. The summed E-state index contributed by atoms with van der Waals surface area (Å²) in [6.07, 6.45) is -0.132. The van der Waals surface area contributed by atoms with Crippen molar-refractivity contribution < 1.29 is 14.6 Å². The molecule has 1 heterocycles. The van der Waals surface area contributed by atoms with Gasteiger partial charge in [-0.05, 0) is 17.7 Å². The molecule has 6 heteroatoms. The molecule has 0 fully saturated rings. The number of methoxy groups -OCH3 is 1. The number of hydrogen-bond acceptors (Lipinski definition) is 4. The number of rotatable bonds is 6. The van der Waals surface area contributed by atoms with Crippen LogP contribution in [0.25, 0.3) is 11.3 Å². The number of carbonyl (C=O) groups is 1. The molecular weight excluding hydrogens is 306 g/mol. The molecule has 0 aliphatic heterocycles. The predicted molar refractivity (Wildman–Crippen MR) is 88.9 cm³/mol. The van der Waals surface area contributed by atoms with Gasteiger partial charge in [-0.15, -0.1) is 5.10 Å². The molecule has 0 saturated heterocycles. The fraction of sp³-hybridized carbons (Fsp3) is 0.167. The van der Waals surface area contributed by atoms with Gasteiger partial charge in [0.2, 0.25) is 0 Å². The second kappa shape index (κ2) is 6.95. The van der Waals surface area contributed by atoms with Crippen LogP contribution in [0.5, 0.6) is 5.75 Å². The number of aromatic nitrogens is 3. The highest BCUT2D eigenvalue weighted by Crippen LogP contribution is 2.22. The molecule has 1 aromatic heterocycles. The third kappa shape index (κ3) is 3.43. The Labute approximate surface area is 139 Å². The Kier molecular flexibility index (Phi) is 4.56. The first-order valence-electron chi connectivity index (χ1n) is 7.50. The highest BCUT2D eigenvalue weighted by Gasteiger charge is 2.17. The van der Waals surface area contributed by atoms with Gasteiger partial charge in [-0.2, -0.15) is 0 Å². The van der Waals surface area contributed by atoms with Gasteiger partial charge in [0, 0.05) is 5.56 Å². The lowest BCUT2D eigenvalue weighted by Crippen LogP contribution is -2.11. The van der Waals surface area contributed by atoms with Crippen LogP contribution in [0.4, 0.5) is 0 Å². The molecule has 0 unspecified atom stereocenters. The topological polar surface area (TPSA) is 77.2 Å². The summed E-state index contributed by atoms with van der Waals surface area (Å²) in [4.78, 5) is 11.3. The van der Waals surface area contributed by atoms with Crippen molar-refractivity contribution in [3.8, 4) is 17.0 Å². The molecule has 0 aliphatic carbocycles. The molecular formula is C18H17N3O3. The van der Waals surface area contributed by atoms with Gasteiger partial charge in [-0.3, -0.25) is 4.79 Å². The number of ether oxygens (including phenoxy) is 1. The van der Waals surface area contributed by atoms with Crippen LogP contribution in [-0.4, -0.2) is 33.2 Å². The van der Waals surface area contributed by atoms with Gasteiger partial charge in [0.15, 0.2) is 0 Å². The smallest absolute Gasteiger partial charge is 0.309 e. The highest BCUT2D eigenvalue weighted by molar-refractivity contribution is 5.73. The van der Waals surface area contributed by atoms with E-state index in [9.17, 15) is 9.90 Å². The molecule has 3 rings (SSSR count). The molecule has 122 valence electrons.